The number of benzene rings is 1. The minimum Gasteiger partial charge on any atom is -0.496 e. The van der Waals surface area contributed by atoms with Crippen LogP contribution in [0.2, 0.25) is 0 Å². The van der Waals surface area contributed by atoms with E-state index in [2.05, 4.69) is 37.1 Å². The third kappa shape index (κ3) is 4.49. The molecule has 0 aliphatic carbocycles. The van der Waals surface area contributed by atoms with Gasteiger partial charge in [0, 0.05) is 17.3 Å². The van der Waals surface area contributed by atoms with Crippen molar-refractivity contribution in [2.24, 2.45) is 5.73 Å². The summed E-state index contributed by atoms with van der Waals surface area (Å²) >= 11 is 0. The van der Waals surface area contributed by atoms with Crippen molar-refractivity contribution in [1.29, 1.82) is 0 Å². The van der Waals surface area contributed by atoms with Crippen LogP contribution in [0.25, 0.3) is 0 Å². The standard InChI is InChI=1S/C17H25N3O.ClH/c1-5-16(18)10-14-6-7-17(21-4)15(9-14)11-20-13(3)8-12(2)19-20;/h6-9,16H,5,10-11,18H2,1-4H3;1H. The SMILES string of the molecule is CCC(N)Cc1ccc(OC)c(Cn2nc(C)cc2C)c1.Cl. The molecular formula is C17H26ClN3O. The smallest absolute Gasteiger partial charge is 0.123 e. The highest BCUT2D eigenvalue weighted by Crippen LogP contribution is 2.22. The predicted octanol–water partition coefficient (Wildman–Crippen LogP) is 3.26. The number of nitrogens with two attached hydrogens (primary N) is 1. The average Bonchev–Trinajstić information content (AvgIpc) is 2.77. The van der Waals surface area contributed by atoms with Crippen LogP contribution in [-0.4, -0.2) is 22.9 Å². The molecular weight excluding hydrogens is 298 g/mol. The fourth-order valence-electron chi connectivity index (χ4n) is 2.53. The molecule has 122 valence electrons. The molecule has 0 bridgehead atoms. The first-order chi connectivity index (χ1) is 10.0. The van der Waals surface area contributed by atoms with Crippen LogP contribution in [0.15, 0.2) is 24.3 Å². The molecule has 1 aromatic heterocycles. The van der Waals surface area contributed by atoms with Crippen LogP contribution in [0.3, 0.4) is 0 Å². The third-order valence-electron chi connectivity index (χ3n) is 3.79. The number of rotatable bonds is 6. The number of aromatic nitrogens is 2. The molecule has 0 amide bonds. The highest BCUT2D eigenvalue weighted by atomic mass is 35.5. The van der Waals surface area contributed by atoms with Crippen LogP contribution in [0.5, 0.6) is 5.75 Å². The Morgan fingerprint density at radius 2 is 2.00 bits per heavy atom. The predicted molar refractivity (Wildman–Crippen MR) is 93.0 cm³/mol. The molecule has 0 aliphatic heterocycles. The van der Waals surface area contributed by atoms with Gasteiger partial charge in [0.15, 0.2) is 0 Å². The number of halogens is 1. The van der Waals surface area contributed by atoms with Gasteiger partial charge in [-0.2, -0.15) is 5.10 Å². The van der Waals surface area contributed by atoms with Crippen molar-refractivity contribution < 1.29 is 4.74 Å². The Morgan fingerprint density at radius 3 is 2.55 bits per heavy atom. The second-order valence-electron chi connectivity index (χ2n) is 5.60. The van der Waals surface area contributed by atoms with Crippen molar-refractivity contribution in [2.45, 2.75) is 46.2 Å². The summed E-state index contributed by atoms with van der Waals surface area (Å²) in [6.45, 7) is 6.92. The number of ether oxygens (including phenoxy) is 1. The van der Waals surface area contributed by atoms with Crippen molar-refractivity contribution in [2.75, 3.05) is 7.11 Å². The first-order valence-corrected chi connectivity index (χ1v) is 7.46. The van der Waals surface area contributed by atoms with Crippen molar-refractivity contribution in [3.63, 3.8) is 0 Å². The topological polar surface area (TPSA) is 53.1 Å². The van der Waals surface area contributed by atoms with Gasteiger partial charge in [-0.15, -0.1) is 12.4 Å². The summed E-state index contributed by atoms with van der Waals surface area (Å²) in [6, 6.07) is 8.60. The summed E-state index contributed by atoms with van der Waals surface area (Å²) in [6.07, 6.45) is 1.88. The molecule has 1 unspecified atom stereocenters. The quantitative estimate of drug-likeness (QED) is 0.887. The van der Waals surface area contributed by atoms with Gasteiger partial charge in [0.05, 0.1) is 19.3 Å². The molecule has 2 rings (SSSR count). The molecule has 2 N–H and O–H groups in total. The normalized spacial score (nSPS) is 11.9. The van der Waals surface area contributed by atoms with Gasteiger partial charge < -0.3 is 10.5 Å². The lowest BCUT2D eigenvalue weighted by Crippen LogP contribution is -2.21. The van der Waals surface area contributed by atoms with E-state index in [-0.39, 0.29) is 18.4 Å². The van der Waals surface area contributed by atoms with E-state index in [0.717, 1.165) is 42.1 Å². The summed E-state index contributed by atoms with van der Waals surface area (Å²) in [4.78, 5) is 0. The van der Waals surface area contributed by atoms with E-state index in [1.165, 1.54) is 5.56 Å². The number of aryl methyl sites for hydroxylation is 2. The van der Waals surface area contributed by atoms with E-state index < -0.39 is 0 Å². The van der Waals surface area contributed by atoms with Crippen molar-refractivity contribution in [3.8, 4) is 5.75 Å². The Balaban J connectivity index is 0.00000242. The maximum Gasteiger partial charge on any atom is 0.123 e. The van der Waals surface area contributed by atoms with Crippen LogP contribution in [-0.2, 0) is 13.0 Å². The average molecular weight is 324 g/mol. The molecule has 2 aromatic rings. The molecule has 22 heavy (non-hydrogen) atoms. The molecule has 0 aliphatic rings. The van der Waals surface area contributed by atoms with Crippen molar-refractivity contribution in [3.05, 3.63) is 46.8 Å². The van der Waals surface area contributed by atoms with E-state index in [1.54, 1.807) is 7.11 Å². The highest BCUT2D eigenvalue weighted by molar-refractivity contribution is 5.85. The zero-order chi connectivity index (χ0) is 15.4. The maximum atomic E-state index is 6.06. The lowest BCUT2D eigenvalue weighted by atomic mass is 10.0. The minimum absolute atomic E-state index is 0. The Morgan fingerprint density at radius 1 is 1.27 bits per heavy atom. The van der Waals surface area contributed by atoms with E-state index in [4.69, 9.17) is 10.5 Å². The van der Waals surface area contributed by atoms with Gasteiger partial charge >= 0.3 is 0 Å². The van der Waals surface area contributed by atoms with E-state index >= 15 is 0 Å². The maximum absolute atomic E-state index is 6.06. The van der Waals surface area contributed by atoms with Gasteiger partial charge in [0.2, 0.25) is 0 Å². The van der Waals surface area contributed by atoms with Gasteiger partial charge in [0.1, 0.15) is 5.75 Å². The molecule has 0 fully saturated rings. The van der Waals surface area contributed by atoms with Crippen LogP contribution in [0, 0.1) is 13.8 Å². The van der Waals surface area contributed by atoms with Crippen LogP contribution < -0.4 is 10.5 Å². The first-order valence-electron chi connectivity index (χ1n) is 7.46. The lowest BCUT2D eigenvalue weighted by molar-refractivity contribution is 0.406. The van der Waals surface area contributed by atoms with Gasteiger partial charge in [0.25, 0.3) is 0 Å². The highest BCUT2D eigenvalue weighted by Gasteiger charge is 2.10. The van der Waals surface area contributed by atoms with Gasteiger partial charge in [-0.3, -0.25) is 4.68 Å². The van der Waals surface area contributed by atoms with Crippen LogP contribution in [0.1, 0.15) is 35.9 Å². The second kappa shape index (κ2) is 8.20. The zero-order valence-corrected chi connectivity index (χ0v) is 14.6. The number of hydrogen-bond donors (Lipinski definition) is 1. The first kappa shape index (κ1) is 18.5. The van der Waals surface area contributed by atoms with E-state index in [9.17, 15) is 0 Å². The van der Waals surface area contributed by atoms with Gasteiger partial charge in [-0.25, -0.2) is 0 Å². The number of methoxy groups -OCH3 is 1. The van der Waals surface area contributed by atoms with Crippen LogP contribution in [0.4, 0.5) is 0 Å². The monoisotopic (exact) mass is 323 g/mol. The fourth-order valence-corrected chi connectivity index (χ4v) is 2.53. The van der Waals surface area contributed by atoms with Crippen molar-refractivity contribution in [1.82, 2.24) is 9.78 Å². The Hall–Kier alpha value is -1.52. The molecule has 0 saturated heterocycles. The fraction of sp³-hybridized carbons (Fsp3) is 0.471. The summed E-state index contributed by atoms with van der Waals surface area (Å²) in [5, 5.41) is 4.52. The Kier molecular flexibility index (Phi) is 6.91. The van der Waals surface area contributed by atoms with Crippen molar-refractivity contribution >= 4 is 12.4 Å². The minimum atomic E-state index is 0. The van der Waals surface area contributed by atoms with E-state index in [1.807, 2.05) is 17.7 Å². The zero-order valence-electron chi connectivity index (χ0n) is 13.8. The Labute approximate surface area is 139 Å². The summed E-state index contributed by atoms with van der Waals surface area (Å²) in [5.41, 5.74) is 10.6. The molecule has 0 radical (unpaired) electrons. The molecule has 4 nitrogen and oxygen atoms in total. The van der Waals surface area contributed by atoms with Crippen LogP contribution >= 0.6 is 12.4 Å². The van der Waals surface area contributed by atoms with E-state index in [0.29, 0.717) is 0 Å². The van der Waals surface area contributed by atoms with Gasteiger partial charge in [-0.05, 0) is 44.4 Å². The Bertz CT molecular complexity index is 610. The molecule has 0 spiro atoms. The number of hydrogen-bond acceptors (Lipinski definition) is 3. The molecule has 5 heteroatoms. The largest absolute Gasteiger partial charge is 0.496 e. The molecule has 1 heterocycles. The summed E-state index contributed by atoms with van der Waals surface area (Å²) in [5.74, 6) is 0.899. The lowest BCUT2D eigenvalue weighted by Gasteiger charge is -2.14. The second-order valence-corrected chi connectivity index (χ2v) is 5.60. The third-order valence-corrected chi connectivity index (χ3v) is 3.79. The molecule has 1 atom stereocenters. The summed E-state index contributed by atoms with van der Waals surface area (Å²) < 4.78 is 7.49. The molecule has 1 aromatic carbocycles. The summed E-state index contributed by atoms with van der Waals surface area (Å²) in [7, 11) is 1.71. The molecule has 0 saturated carbocycles. The number of nitrogens with zero attached hydrogens (tertiary/aromatic N) is 2. The van der Waals surface area contributed by atoms with Gasteiger partial charge in [-0.1, -0.05) is 19.1 Å².